The monoisotopic (exact) mass is 291 g/mol. The van der Waals surface area contributed by atoms with Crippen molar-refractivity contribution in [2.45, 2.75) is 32.2 Å². The van der Waals surface area contributed by atoms with Crippen LogP contribution in [-0.2, 0) is 14.9 Å². The largest absolute Gasteiger partial charge is 0.379 e. The molecule has 0 spiro atoms. The fourth-order valence-corrected chi connectivity index (χ4v) is 4.59. The zero-order valence-corrected chi connectivity index (χ0v) is 12.5. The lowest BCUT2D eigenvalue weighted by molar-refractivity contribution is 0.0687. The van der Waals surface area contributed by atoms with E-state index in [1.54, 1.807) is 8.61 Å². The quantitative estimate of drug-likeness (QED) is 0.776. The first kappa shape index (κ1) is 15.2. The topological polar surface area (TPSA) is 61.9 Å². The molecule has 112 valence electrons. The summed E-state index contributed by atoms with van der Waals surface area (Å²) in [6, 6.07) is 0.0987. The van der Waals surface area contributed by atoms with Gasteiger partial charge in [-0.25, -0.2) is 0 Å². The summed E-state index contributed by atoms with van der Waals surface area (Å²) >= 11 is 0. The molecule has 2 rings (SSSR count). The van der Waals surface area contributed by atoms with E-state index < -0.39 is 10.2 Å². The highest BCUT2D eigenvalue weighted by molar-refractivity contribution is 7.86. The number of hydrogen-bond acceptors (Lipinski definition) is 4. The van der Waals surface area contributed by atoms with Crippen molar-refractivity contribution in [1.82, 2.24) is 13.9 Å². The third-order valence-corrected chi connectivity index (χ3v) is 5.81. The summed E-state index contributed by atoms with van der Waals surface area (Å²) in [5.74, 6) is 0. The molecule has 0 aromatic carbocycles. The Kier molecular flexibility index (Phi) is 5.58. The SMILES string of the molecule is CCCN(C1CCCNC1)S(=O)(=O)N1CCOCC1. The average Bonchev–Trinajstić information content (AvgIpc) is 2.46. The third kappa shape index (κ3) is 3.66. The van der Waals surface area contributed by atoms with Gasteiger partial charge in [0.25, 0.3) is 10.2 Å². The van der Waals surface area contributed by atoms with E-state index in [0.29, 0.717) is 32.8 Å². The number of hydrogen-bond donors (Lipinski definition) is 1. The molecule has 6 nitrogen and oxygen atoms in total. The van der Waals surface area contributed by atoms with Crippen LogP contribution >= 0.6 is 0 Å². The maximum absolute atomic E-state index is 12.7. The highest BCUT2D eigenvalue weighted by Crippen LogP contribution is 2.19. The molecule has 0 radical (unpaired) electrons. The minimum atomic E-state index is -3.34. The van der Waals surface area contributed by atoms with E-state index in [4.69, 9.17) is 4.74 Å². The molecule has 0 amide bonds. The molecule has 0 aliphatic carbocycles. The van der Waals surface area contributed by atoms with E-state index in [1.807, 2.05) is 6.92 Å². The summed E-state index contributed by atoms with van der Waals surface area (Å²) in [5.41, 5.74) is 0. The van der Waals surface area contributed by atoms with Crippen LogP contribution in [0.1, 0.15) is 26.2 Å². The number of nitrogens with zero attached hydrogens (tertiary/aromatic N) is 2. The molecule has 0 bridgehead atoms. The second-order valence-corrected chi connectivity index (χ2v) is 7.01. The summed E-state index contributed by atoms with van der Waals surface area (Å²) in [5, 5.41) is 3.30. The number of ether oxygens (including phenoxy) is 1. The van der Waals surface area contributed by atoms with Crippen molar-refractivity contribution in [2.24, 2.45) is 0 Å². The number of nitrogens with one attached hydrogen (secondary N) is 1. The van der Waals surface area contributed by atoms with Crippen molar-refractivity contribution >= 4 is 10.2 Å². The minimum absolute atomic E-state index is 0.0987. The fraction of sp³-hybridized carbons (Fsp3) is 1.00. The lowest BCUT2D eigenvalue weighted by atomic mass is 10.1. The van der Waals surface area contributed by atoms with Crippen molar-refractivity contribution in [3.05, 3.63) is 0 Å². The average molecular weight is 291 g/mol. The molecule has 0 aromatic heterocycles. The van der Waals surface area contributed by atoms with Crippen LogP contribution in [0.4, 0.5) is 0 Å². The van der Waals surface area contributed by atoms with E-state index in [9.17, 15) is 8.42 Å². The summed E-state index contributed by atoms with van der Waals surface area (Å²) in [7, 11) is -3.34. The van der Waals surface area contributed by atoms with Crippen molar-refractivity contribution in [1.29, 1.82) is 0 Å². The van der Waals surface area contributed by atoms with Gasteiger partial charge >= 0.3 is 0 Å². The van der Waals surface area contributed by atoms with E-state index in [-0.39, 0.29) is 6.04 Å². The van der Waals surface area contributed by atoms with Gasteiger partial charge in [-0.15, -0.1) is 0 Å². The molecule has 0 saturated carbocycles. The molecule has 2 heterocycles. The summed E-state index contributed by atoms with van der Waals surface area (Å²) in [6.07, 6.45) is 2.85. The predicted molar refractivity (Wildman–Crippen MR) is 74.2 cm³/mol. The standard InChI is InChI=1S/C12H25N3O3S/c1-2-6-15(12-4-3-5-13-11-12)19(16,17)14-7-9-18-10-8-14/h12-13H,2-11H2,1H3. The van der Waals surface area contributed by atoms with Crippen LogP contribution in [0.5, 0.6) is 0 Å². The highest BCUT2D eigenvalue weighted by Gasteiger charge is 2.35. The van der Waals surface area contributed by atoms with E-state index in [1.165, 1.54) is 0 Å². The lowest BCUT2D eigenvalue weighted by Gasteiger charge is -2.38. The van der Waals surface area contributed by atoms with Gasteiger partial charge in [0.2, 0.25) is 0 Å². The van der Waals surface area contributed by atoms with Crippen LogP contribution in [0.2, 0.25) is 0 Å². The van der Waals surface area contributed by atoms with Crippen molar-refractivity contribution in [3.63, 3.8) is 0 Å². The molecule has 2 aliphatic heterocycles. The molecule has 19 heavy (non-hydrogen) atoms. The Hall–Kier alpha value is -0.210. The van der Waals surface area contributed by atoms with E-state index in [0.717, 1.165) is 32.4 Å². The molecule has 1 unspecified atom stereocenters. The first-order valence-corrected chi connectivity index (χ1v) is 8.61. The van der Waals surface area contributed by atoms with Crippen LogP contribution in [0.15, 0.2) is 0 Å². The van der Waals surface area contributed by atoms with Gasteiger partial charge < -0.3 is 10.1 Å². The third-order valence-electron chi connectivity index (χ3n) is 3.71. The number of piperidine rings is 1. The molecular formula is C12H25N3O3S. The summed E-state index contributed by atoms with van der Waals surface area (Å²) in [4.78, 5) is 0. The first-order chi connectivity index (χ1) is 9.16. The number of rotatable bonds is 5. The zero-order valence-electron chi connectivity index (χ0n) is 11.7. The normalized spacial score (nSPS) is 26.7. The Balaban J connectivity index is 2.11. The van der Waals surface area contributed by atoms with Crippen molar-refractivity contribution < 1.29 is 13.2 Å². The molecule has 0 aromatic rings. The Labute approximate surface area is 116 Å². The first-order valence-electron chi connectivity index (χ1n) is 7.21. The lowest BCUT2D eigenvalue weighted by Crippen LogP contribution is -2.55. The van der Waals surface area contributed by atoms with Gasteiger partial charge in [0.1, 0.15) is 0 Å². The minimum Gasteiger partial charge on any atom is -0.379 e. The van der Waals surface area contributed by atoms with Crippen molar-refractivity contribution in [3.8, 4) is 0 Å². The van der Waals surface area contributed by atoms with Gasteiger partial charge in [-0.1, -0.05) is 6.92 Å². The van der Waals surface area contributed by atoms with Crippen LogP contribution in [0.3, 0.4) is 0 Å². The molecule has 7 heteroatoms. The zero-order chi connectivity index (χ0) is 13.7. The Morgan fingerprint density at radius 3 is 2.68 bits per heavy atom. The summed E-state index contributed by atoms with van der Waals surface area (Å²) in [6.45, 7) is 6.34. The van der Waals surface area contributed by atoms with Gasteiger partial charge in [-0.2, -0.15) is 17.0 Å². The second kappa shape index (κ2) is 6.99. The fourth-order valence-electron chi connectivity index (χ4n) is 2.71. The van der Waals surface area contributed by atoms with Crippen LogP contribution in [0.25, 0.3) is 0 Å². The Morgan fingerprint density at radius 1 is 1.37 bits per heavy atom. The van der Waals surface area contributed by atoms with Gasteiger partial charge in [-0.3, -0.25) is 0 Å². The van der Waals surface area contributed by atoms with E-state index in [2.05, 4.69) is 5.32 Å². The molecule has 2 fully saturated rings. The van der Waals surface area contributed by atoms with E-state index >= 15 is 0 Å². The van der Waals surface area contributed by atoms with Crippen LogP contribution in [0, 0.1) is 0 Å². The molecule has 1 atom stereocenters. The smallest absolute Gasteiger partial charge is 0.282 e. The molecular weight excluding hydrogens is 266 g/mol. The van der Waals surface area contributed by atoms with Crippen molar-refractivity contribution in [2.75, 3.05) is 45.9 Å². The van der Waals surface area contributed by atoms with Crippen LogP contribution in [-0.4, -0.2) is 69.0 Å². The molecule has 2 aliphatic rings. The Morgan fingerprint density at radius 2 is 2.11 bits per heavy atom. The number of morpholine rings is 1. The van der Waals surface area contributed by atoms with Gasteiger partial charge in [0.15, 0.2) is 0 Å². The van der Waals surface area contributed by atoms with Crippen LogP contribution < -0.4 is 5.32 Å². The second-order valence-electron chi connectivity index (χ2n) is 5.13. The highest BCUT2D eigenvalue weighted by atomic mass is 32.2. The predicted octanol–water partition coefficient (Wildman–Crippen LogP) is 0.0274. The maximum Gasteiger partial charge on any atom is 0.282 e. The Bertz CT molecular complexity index is 362. The molecule has 2 saturated heterocycles. The van der Waals surface area contributed by atoms with Gasteiger partial charge in [0, 0.05) is 32.2 Å². The molecule has 1 N–H and O–H groups in total. The summed E-state index contributed by atoms with van der Waals surface area (Å²) < 4.78 is 34.0. The van der Waals surface area contributed by atoms with Gasteiger partial charge in [-0.05, 0) is 25.8 Å². The van der Waals surface area contributed by atoms with Gasteiger partial charge in [0.05, 0.1) is 13.2 Å². The maximum atomic E-state index is 12.7.